The minimum Gasteiger partial charge on any atom is -0.391 e. The Morgan fingerprint density at radius 3 is 2.45 bits per heavy atom. The van der Waals surface area contributed by atoms with Gasteiger partial charge in [0.25, 0.3) is 0 Å². The summed E-state index contributed by atoms with van der Waals surface area (Å²) in [4.78, 5) is 3.81. The van der Waals surface area contributed by atoms with Gasteiger partial charge in [0.2, 0.25) is 0 Å². The van der Waals surface area contributed by atoms with E-state index in [0.717, 1.165) is 23.6 Å². The largest absolute Gasteiger partial charge is 0.391 e. The van der Waals surface area contributed by atoms with Gasteiger partial charge in [0, 0.05) is 16.8 Å². The van der Waals surface area contributed by atoms with Crippen molar-refractivity contribution in [2.24, 2.45) is 0 Å². The molecule has 1 aliphatic heterocycles. The number of nitrogens with zero attached hydrogens (tertiary/aromatic N) is 1. The van der Waals surface area contributed by atoms with Crippen LogP contribution < -0.4 is 0 Å². The minimum atomic E-state index is -0.252. The van der Waals surface area contributed by atoms with Crippen LogP contribution >= 0.6 is 22.9 Å². The molecule has 1 aromatic heterocycles. The van der Waals surface area contributed by atoms with Crippen LogP contribution in [0.25, 0.3) is 0 Å². The molecule has 1 saturated carbocycles. The van der Waals surface area contributed by atoms with Crippen molar-refractivity contribution in [2.45, 2.75) is 63.0 Å². The van der Waals surface area contributed by atoms with Crippen LogP contribution in [0.3, 0.4) is 0 Å². The molecule has 1 unspecified atom stereocenters. The molecule has 1 aromatic rings. The molecule has 2 aliphatic rings. The summed E-state index contributed by atoms with van der Waals surface area (Å²) in [5.41, 5.74) is 0.0386. The van der Waals surface area contributed by atoms with Crippen LogP contribution in [0.1, 0.15) is 49.8 Å². The number of halogens is 1. The zero-order valence-electron chi connectivity index (χ0n) is 12.0. The Labute approximate surface area is 130 Å². The molecule has 20 heavy (non-hydrogen) atoms. The Balaban J connectivity index is 1.75. The van der Waals surface area contributed by atoms with Crippen LogP contribution in [-0.4, -0.2) is 34.7 Å². The van der Waals surface area contributed by atoms with Gasteiger partial charge in [-0.3, -0.25) is 4.90 Å². The highest BCUT2D eigenvalue weighted by Crippen LogP contribution is 2.41. The van der Waals surface area contributed by atoms with Crippen LogP contribution in [0.4, 0.5) is 0 Å². The number of aliphatic hydroxyl groups excluding tert-OH is 1. The predicted octanol–water partition coefficient (Wildman–Crippen LogP) is 4.10. The first-order valence-corrected chi connectivity index (χ1v) is 9.07. The van der Waals surface area contributed by atoms with E-state index in [4.69, 9.17) is 11.6 Å². The molecule has 2 fully saturated rings. The third-order valence-electron chi connectivity index (χ3n) is 5.10. The molecule has 112 valence electrons. The van der Waals surface area contributed by atoms with Crippen molar-refractivity contribution in [2.75, 3.05) is 13.1 Å². The quantitative estimate of drug-likeness (QED) is 0.904. The van der Waals surface area contributed by atoms with Crippen molar-refractivity contribution in [1.29, 1.82) is 0 Å². The Morgan fingerprint density at radius 1 is 1.15 bits per heavy atom. The molecule has 0 aromatic carbocycles. The maximum atomic E-state index is 10.9. The molecular formula is C16H24ClNOS. The lowest BCUT2D eigenvalue weighted by molar-refractivity contribution is -0.0377. The average molecular weight is 314 g/mol. The lowest BCUT2D eigenvalue weighted by Gasteiger charge is -2.46. The van der Waals surface area contributed by atoms with Crippen molar-refractivity contribution < 1.29 is 5.11 Å². The Hall–Kier alpha value is -0.0900. The molecule has 0 bridgehead atoms. The highest BCUT2D eigenvalue weighted by Gasteiger charge is 2.45. The molecule has 0 spiro atoms. The molecule has 1 aliphatic carbocycles. The zero-order chi connectivity index (χ0) is 14.0. The van der Waals surface area contributed by atoms with Gasteiger partial charge in [0.1, 0.15) is 0 Å². The average Bonchev–Trinajstić information content (AvgIpc) is 3.10. The zero-order valence-corrected chi connectivity index (χ0v) is 13.6. The monoisotopic (exact) mass is 313 g/mol. The second-order valence-electron chi connectivity index (χ2n) is 6.28. The SMILES string of the molecule is OC(Cc1ccc(Cl)s1)C1(N2CCCCC2)CCCC1. The van der Waals surface area contributed by atoms with Gasteiger partial charge < -0.3 is 5.11 Å². The van der Waals surface area contributed by atoms with E-state index in [1.165, 1.54) is 50.1 Å². The van der Waals surface area contributed by atoms with Gasteiger partial charge in [0.05, 0.1) is 10.4 Å². The normalized spacial score (nSPS) is 24.9. The molecule has 4 heteroatoms. The number of aliphatic hydroxyl groups is 1. The van der Waals surface area contributed by atoms with E-state index in [1.54, 1.807) is 11.3 Å². The summed E-state index contributed by atoms with van der Waals surface area (Å²) < 4.78 is 0.825. The van der Waals surface area contributed by atoms with E-state index in [-0.39, 0.29) is 11.6 Å². The van der Waals surface area contributed by atoms with Crippen molar-refractivity contribution in [3.05, 3.63) is 21.3 Å². The first-order chi connectivity index (χ1) is 9.71. The second kappa shape index (κ2) is 6.35. The van der Waals surface area contributed by atoms with Gasteiger partial charge in [-0.15, -0.1) is 11.3 Å². The number of piperidine rings is 1. The van der Waals surface area contributed by atoms with E-state index in [2.05, 4.69) is 11.0 Å². The first-order valence-electron chi connectivity index (χ1n) is 7.88. The molecular weight excluding hydrogens is 290 g/mol. The van der Waals surface area contributed by atoms with E-state index in [9.17, 15) is 5.11 Å². The molecule has 1 atom stereocenters. The summed E-state index contributed by atoms with van der Waals surface area (Å²) >= 11 is 7.62. The summed E-state index contributed by atoms with van der Waals surface area (Å²) in [6, 6.07) is 4.01. The topological polar surface area (TPSA) is 23.5 Å². The van der Waals surface area contributed by atoms with Gasteiger partial charge in [-0.25, -0.2) is 0 Å². The second-order valence-corrected chi connectivity index (χ2v) is 8.08. The molecule has 1 saturated heterocycles. The standard InChI is InChI=1S/C16H24ClNOS/c17-15-7-6-13(20-15)12-14(19)16(8-2-3-9-16)18-10-4-1-5-11-18/h6-7,14,19H,1-5,8-12H2. The predicted molar refractivity (Wildman–Crippen MR) is 85.7 cm³/mol. The first kappa shape index (κ1) is 14.8. The number of likely N-dealkylation sites (tertiary alicyclic amines) is 1. The smallest absolute Gasteiger partial charge is 0.0931 e. The number of rotatable bonds is 4. The fourth-order valence-electron chi connectivity index (χ4n) is 4.03. The molecule has 1 N–H and O–H groups in total. The fourth-order valence-corrected chi connectivity index (χ4v) is 5.15. The number of hydrogen-bond acceptors (Lipinski definition) is 3. The summed E-state index contributed by atoms with van der Waals surface area (Å²) in [5.74, 6) is 0. The highest BCUT2D eigenvalue weighted by atomic mass is 35.5. The summed E-state index contributed by atoms with van der Waals surface area (Å²) in [7, 11) is 0. The van der Waals surface area contributed by atoms with Gasteiger partial charge in [0.15, 0.2) is 0 Å². The summed E-state index contributed by atoms with van der Waals surface area (Å²) in [6.45, 7) is 2.34. The maximum Gasteiger partial charge on any atom is 0.0931 e. The van der Waals surface area contributed by atoms with Gasteiger partial charge in [-0.05, 0) is 50.9 Å². The summed E-state index contributed by atoms with van der Waals surface area (Å²) in [6.07, 6.45) is 9.28. The van der Waals surface area contributed by atoms with Gasteiger partial charge >= 0.3 is 0 Å². The third kappa shape index (κ3) is 2.92. The maximum absolute atomic E-state index is 10.9. The van der Waals surface area contributed by atoms with Crippen LogP contribution in [0, 0.1) is 0 Å². The molecule has 0 radical (unpaired) electrons. The molecule has 2 nitrogen and oxygen atoms in total. The van der Waals surface area contributed by atoms with Crippen LogP contribution in [0.5, 0.6) is 0 Å². The van der Waals surface area contributed by atoms with Crippen LogP contribution in [0.2, 0.25) is 4.34 Å². The van der Waals surface area contributed by atoms with E-state index in [1.807, 2.05) is 6.07 Å². The van der Waals surface area contributed by atoms with Crippen molar-refractivity contribution >= 4 is 22.9 Å². The Bertz CT molecular complexity index is 435. The van der Waals surface area contributed by atoms with Crippen LogP contribution in [0.15, 0.2) is 12.1 Å². The number of hydrogen-bond donors (Lipinski definition) is 1. The molecule has 2 heterocycles. The highest BCUT2D eigenvalue weighted by molar-refractivity contribution is 7.16. The number of thiophene rings is 1. The van der Waals surface area contributed by atoms with Crippen molar-refractivity contribution in [1.82, 2.24) is 4.90 Å². The van der Waals surface area contributed by atoms with E-state index < -0.39 is 0 Å². The lowest BCUT2D eigenvalue weighted by Crippen LogP contribution is -2.57. The van der Waals surface area contributed by atoms with Crippen molar-refractivity contribution in [3.8, 4) is 0 Å². The Kier molecular flexibility index (Phi) is 4.71. The van der Waals surface area contributed by atoms with E-state index >= 15 is 0 Å². The molecule has 0 amide bonds. The lowest BCUT2D eigenvalue weighted by atomic mass is 9.84. The fraction of sp³-hybridized carbons (Fsp3) is 0.750. The van der Waals surface area contributed by atoms with Gasteiger partial charge in [-0.1, -0.05) is 30.9 Å². The van der Waals surface area contributed by atoms with Crippen molar-refractivity contribution in [3.63, 3.8) is 0 Å². The Morgan fingerprint density at radius 2 is 1.85 bits per heavy atom. The van der Waals surface area contributed by atoms with Gasteiger partial charge in [-0.2, -0.15) is 0 Å². The minimum absolute atomic E-state index is 0.0386. The summed E-state index contributed by atoms with van der Waals surface area (Å²) in [5, 5.41) is 10.9. The van der Waals surface area contributed by atoms with E-state index in [0.29, 0.717) is 0 Å². The van der Waals surface area contributed by atoms with Crippen LogP contribution in [-0.2, 0) is 6.42 Å². The third-order valence-corrected chi connectivity index (χ3v) is 6.35. The molecule has 3 rings (SSSR count).